The average molecular weight is 603 g/mol. The van der Waals surface area contributed by atoms with Crippen molar-refractivity contribution in [2.45, 2.75) is 11.8 Å². The Hall–Kier alpha value is -6.42. The molecule has 0 fully saturated rings. The number of hydrogen-bond acceptors (Lipinski definition) is 9. The summed E-state index contributed by atoms with van der Waals surface area (Å²) in [5.41, 5.74) is 5.16. The normalized spacial score (nSPS) is 9.75. The summed E-state index contributed by atoms with van der Waals surface area (Å²) in [4.78, 5) is 45.2. The summed E-state index contributed by atoms with van der Waals surface area (Å²) >= 11 is 1.03. The van der Waals surface area contributed by atoms with Crippen LogP contribution in [0.5, 0.6) is 0 Å². The standard InChI is InChI=1S/C32H18N4O7S/c1-21(37)44-28-15-9-23(10-16-28)8-12-26-19-32(36(42)43)27(20-31(26)35(40)41)14-13-25-17-29(33)24(18-30(25)34(38)39)11-7-22-5-3-2-4-6-22/h2-6,9-10,15-20H,33H2,1H3. The predicted molar refractivity (Wildman–Crippen MR) is 165 cm³/mol. The van der Waals surface area contributed by atoms with Gasteiger partial charge in [0.05, 0.1) is 20.3 Å². The molecule has 2 N–H and O–H groups in total. The number of nitro benzene ring substituents is 3. The van der Waals surface area contributed by atoms with Gasteiger partial charge in [0.2, 0.25) is 0 Å². The van der Waals surface area contributed by atoms with Gasteiger partial charge >= 0.3 is 0 Å². The van der Waals surface area contributed by atoms with Gasteiger partial charge in [0.25, 0.3) is 17.1 Å². The summed E-state index contributed by atoms with van der Waals surface area (Å²) < 4.78 is 0. The van der Waals surface area contributed by atoms with Crippen LogP contribution in [0.4, 0.5) is 22.7 Å². The molecular weight excluding hydrogens is 584 g/mol. The SMILES string of the molecule is CC(=O)Sc1ccc(C#Cc2cc([N+](=O)[O-])c(C#Cc3cc(N)c(C#Cc4ccccc4)cc3[N+](=O)[O-])cc2[N+](=O)[O-])cc1. The van der Waals surface area contributed by atoms with E-state index in [1.165, 1.54) is 13.0 Å². The fraction of sp³-hybridized carbons (Fsp3) is 0.0312. The van der Waals surface area contributed by atoms with Gasteiger partial charge in [0.1, 0.15) is 16.7 Å². The van der Waals surface area contributed by atoms with Crippen LogP contribution in [0.2, 0.25) is 0 Å². The van der Waals surface area contributed by atoms with E-state index in [2.05, 4.69) is 35.5 Å². The van der Waals surface area contributed by atoms with Crippen molar-refractivity contribution in [3.63, 3.8) is 0 Å². The van der Waals surface area contributed by atoms with Crippen LogP contribution in [0.25, 0.3) is 0 Å². The lowest BCUT2D eigenvalue weighted by Crippen LogP contribution is -2.00. The quantitative estimate of drug-likeness (QED) is 0.0991. The molecule has 0 saturated heterocycles. The number of nitro groups is 3. The Morgan fingerprint density at radius 3 is 1.50 bits per heavy atom. The highest BCUT2D eigenvalue weighted by molar-refractivity contribution is 8.13. The lowest BCUT2D eigenvalue weighted by molar-refractivity contribution is -0.389. The average Bonchev–Trinajstić information content (AvgIpc) is 2.99. The van der Waals surface area contributed by atoms with Crippen LogP contribution in [0.15, 0.2) is 83.8 Å². The third-order valence-electron chi connectivity index (χ3n) is 5.78. The molecule has 0 bridgehead atoms. The molecule has 0 amide bonds. The highest BCUT2D eigenvalue weighted by atomic mass is 32.2. The summed E-state index contributed by atoms with van der Waals surface area (Å²) in [6, 6.07) is 19.6. The monoisotopic (exact) mass is 602 g/mol. The molecule has 44 heavy (non-hydrogen) atoms. The number of anilines is 1. The van der Waals surface area contributed by atoms with Crippen molar-refractivity contribution in [1.82, 2.24) is 0 Å². The number of rotatable bonds is 4. The van der Waals surface area contributed by atoms with Gasteiger partial charge in [-0.25, -0.2) is 0 Å². The van der Waals surface area contributed by atoms with Gasteiger partial charge in [-0.05, 0) is 42.5 Å². The highest BCUT2D eigenvalue weighted by Crippen LogP contribution is 2.29. The van der Waals surface area contributed by atoms with Crippen molar-refractivity contribution in [3.8, 4) is 35.5 Å². The molecule has 0 radical (unpaired) electrons. The largest absolute Gasteiger partial charge is 0.398 e. The Labute approximate surface area is 254 Å². The molecule has 0 atom stereocenters. The summed E-state index contributed by atoms with van der Waals surface area (Å²) in [5.74, 6) is 15.9. The number of benzene rings is 4. The zero-order chi connectivity index (χ0) is 31.8. The number of nitrogens with zero attached hydrogens (tertiary/aromatic N) is 3. The lowest BCUT2D eigenvalue weighted by atomic mass is 10.0. The van der Waals surface area contributed by atoms with E-state index in [4.69, 9.17) is 5.73 Å². The minimum absolute atomic E-state index is 0.0855. The second-order valence-electron chi connectivity index (χ2n) is 8.85. The van der Waals surface area contributed by atoms with Crippen LogP contribution in [-0.4, -0.2) is 19.9 Å². The van der Waals surface area contributed by atoms with E-state index >= 15 is 0 Å². The molecular formula is C32H18N4O7S. The number of hydrogen-bond donors (Lipinski definition) is 1. The summed E-state index contributed by atoms with van der Waals surface area (Å²) in [6.07, 6.45) is 0. The first kappa shape index (κ1) is 30.5. The number of carbonyl (C=O) groups is 1. The summed E-state index contributed by atoms with van der Waals surface area (Å²) in [6.45, 7) is 1.42. The van der Waals surface area contributed by atoms with Gasteiger partial charge in [-0.1, -0.05) is 65.5 Å². The van der Waals surface area contributed by atoms with Crippen LogP contribution in [0.3, 0.4) is 0 Å². The first-order chi connectivity index (χ1) is 21.0. The van der Waals surface area contributed by atoms with E-state index in [-0.39, 0.29) is 33.1 Å². The summed E-state index contributed by atoms with van der Waals surface area (Å²) in [5, 5.41) is 35.4. The number of thioether (sulfide) groups is 1. The van der Waals surface area contributed by atoms with Gasteiger partial charge in [-0.2, -0.15) is 0 Å². The smallest absolute Gasteiger partial charge is 0.286 e. The van der Waals surface area contributed by atoms with Gasteiger partial charge < -0.3 is 5.73 Å². The van der Waals surface area contributed by atoms with E-state index in [9.17, 15) is 35.1 Å². The minimum atomic E-state index is -0.780. The van der Waals surface area contributed by atoms with E-state index in [1.54, 1.807) is 48.5 Å². The maximum absolute atomic E-state index is 11.9. The van der Waals surface area contributed by atoms with Crippen LogP contribution < -0.4 is 5.73 Å². The topological polar surface area (TPSA) is 173 Å². The Bertz CT molecular complexity index is 2030. The fourth-order valence-electron chi connectivity index (χ4n) is 3.75. The lowest BCUT2D eigenvalue weighted by Gasteiger charge is -2.02. The van der Waals surface area contributed by atoms with Crippen molar-refractivity contribution in [2.75, 3.05) is 5.73 Å². The van der Waals surface area contributed by atoms with Crippen molar-refractivity contribution in [2.24, 2.45) is 0 Å². The van der Waals surface area contributed by atoms with Gasteiger partial charge in [0, 0.05) is 46.8 Å². The third kappa shape index (κ3) is 7.65. The van der Waals surface area contributed by atoms with Crippen LogP contribution in [0.1, 0.15) is 40.3 Å². The number of carbonyl (C=O) groups excluding carboxylic acids is 1. The number of nitrogens with two attached hydrogens (primary N) is 1. The Balaban J connectivity index is 1.75. The minimum Gasteiger partial charge on any atom is -0.398 e. The maximum atomic E-state index is 11.9. The first-order valence-electron chi connectivity index (χ1n) is 12.5. The molecule has 0 saturated carbocycles. The van der Waals surface area contributed by atoms with Gasteiger partial charge in [0.15, 0.2) is 5.12 Å². The molecule has 12 heteroatoms. The van der Waals surface area contributed by atoms with Crippen molar-refractivity contribution < 1.29 is 19.6 Å². The first-order valence-corrected chi connectivity index (χ1v) is 13.3. The molecule has 0 unspecified atom stereocenters. The number of nitrogen functional groups attached to an aromatic ring is 1. The van der Waals surface area contributed by atoms with Crippen LogP contribution in [-0.2, 0) is 4.79 Å². The molecule has 4 aromatic rings. The van der Waals surface area contributed by atoms with E-state index in [0.717, 1.165) is 30.0 Å². The molecule has 0 aromatic heterocycles. The molecule has 0 aliphatic carbocycles. The molecule has 0 aliphatic rings. The molecule has 0 aliphatic heterocycles. The van der Waals surface area contributed by atoms with Crippen LogP contribution in [0, 0.1) is 65.9 Å². The van der Waals surface area contributed by atoms with E-state index in [1.807, 2.05) is 6.07 Å². The van der Waals surface area contributed by atoms with Gasteiger partial charge in [-0.15, -0.1) is 0 Å². The molecule has 214 valence electrons. The predicted octanol–water partition coefficient (Wildman–Crippen LogP) is 5.83. The maximum Gasteiger partial charge on any atom is 0.286 e. The van der Waals surface area contributed by atoms with Crippen molar-refractivity contribution in [3.05, 3.63) is 143 Å². The molecule has 0 heterocycles. The third-order valence-corrected chi connectivity index (χ3v) is 6.57. The highest BCUT2D eigenvalue weighted by Gasteiger charge is 2.23. The van der Waals surface area contributed by atoms with Crippen molar-refractivity contribution >= 4 is 39.6 Å². The van der Waals surface area contributed by atoms with Gasteiger partial charge in [-0.3, -0.25) is 35.1 Å². The Kier molecular flexibility index (Phi) is 9.37. The zero-order valence-electron chi connectivity index (χ0n) is 22.7. The molecule has 11 nitrogen and oxygen atoms in total. The molecule has 4 rings (SSSR count). The zero-order valence-corrected chi connectivity index (χ0v) is 23.5. The van der Waals surface area contributed by atoms with E-state index in [0.29, 0.717) is 16.0 Å². The van der Waals surface area contributed by atoms with Crippen LogP contribution >= 0.6 is 11.8 Å². The second-order valence-corrected chi connectivity index (χ2v) is 10.1. The Morgan fingerprint density at radius 2 is 1.02 bits per heavy atom. The van der Waals surface area contributed by atoms with Crippen molar-refractivity contribution in [1.29, 1.82) is 0 Å². The summed E-state index contributed by atoms with van der Waals surface area (Å²) in [7, 11) is 0. The second kappa shape index (κ2) is 13.5. The molecule has 4 aromatic carbocycles. The fourth-order valence-corrected chi connectivity index (χ4v) is 4.36. The molecule has 0 spiro atoms. The Morgan fingerprint density at radius 1 is 0.614 bits per heavy atom. The van der Waals surface area contributed by atoms with E-state index < -0.39 is 31.8 Å².